The van der Waals surface area contributed by atoms with Gasteiger partial charge < -0.3 is 5.32 Å². The van der Waals surface area contributed by atoms with Gasteiger partial charge in [-0.15, -0.1) is 0 Å². The summed E-state index contributed by atoms with van der Waals surface area (Å²) in [6.45, 7) is 15.1. The standard InChI is InChI=1S/C19H33N/c1-6-8-9-15(3)17(5)20-14-19(7-2)16(4)10-11-18-12-13-18/h14-15,18,20H,4-13H2,1-3H3/b19-14+. The molecule has 1 fully saturated rings. The molecular weight excluding hydrogens is 242 g/mol. The Bertz CT molecular complexity index is 347. The fourth-order valence-electron chi connectivity index (χ4n) is 2.41. The topological polar surface area (TPSA) is 12.0 Å². The third-order valence-electron chi connectivity index (χ3n) is 4.40. The molecule has 1 unspecified atom stereocenters. The van der Waals surface area contributed by atoms with Crippen molar-refractivity contribution in [2.75, 3.05) is 0 Å². The molecule has 1 heteroatoms. The highest BCUT2D eigenvalue weighted by Crippen LogP contribution is 2.35. The summed E-state index contributed by atoms with van der Waals surface area (Å²) in [6.07, 6.45) is 12.3. The summed E-state index contributed by atoms with van der Waals surface area (Å²) in [5, 5.41) is 3.41. The first-order valence-corrected chi connectivity index (χ1v) is 8.40. The highest BCUT2D eigenvalue weighted by molar-refractivity contribution is 5.28. The molecule has 0 aromatic heterocycles. The third kappa shape index (κ3) is 6.45. The predicted octanol–water partition coefficient (Wildman–Crippen LogP) is 5.96. The summed E-state index contributed by atoms with van der Waals surface area (Å²) >= 11 is 0. The van der Waals surface area contributed by atoms with E-state index in [-0.39, 0.29) is 0 Å². The second-order valence-corrected chi connectivity index (χ2v) is 6.32. The average molecular weight is 275 g/mol. The van der Waals surface area contributed by atoms with Crippen molar-refractivity contribution in [2.24, 2.45) is 11.8 Å². The van der Waals surface area contributed by atoms with E-state index in [2.05, 4.69) is 45.4 Å². The maximum absolute atomic E-state index is 4.26. The molecule has 1 saturated carbocycles. The van der Waals surface area contributed by atoms with E-state index in [1.54, 1.807) is 0 Å². The van der Waals surface area contributed by atoms with E-state index < -0.39 is 0 Å². The van der Waals surface area contributed by atoms with Crippen LogP contribution in [0.5, 0.6) is 0 Å². The molecule has 1 N–H and O–H groups in total. The van der Waals surface area contributed by atoms with Gasteiger partial charge in [0.25, 0.3) is 0 Å². The number of hydrogen-bond acceptors (Lipinski definition) is 1. The maximum atomic E-state index is 4.26. The van der Waals surface area contributed by atoms with Gasteiger partial charge in [-0.2, -0.15) is 0 Å². The van der Waals surface area contributed by atoms with Gasteiger partial charge in [0.1, 0.15) is 0 Å². The molecule has 1 rings (SSSR count). The molecular formula is C19H33N. The van der Waals surface area contributed by atoms with Crippen molar-refractivity contribution >= 4 is 0 Å². The normalized spacial score (nSPS) is 16.9. The highest BCUT2D eigenvalue weighted by atomic mass is 14.9. The quantitative estimate of drug-likeness (QED) is 0.459. The molecule has 0 spiro atoms. The molecule has 20 heavy (non-hydrogen) atoms. The molecule has 0 radical (unpaired) electrons. The first kappa shape index (κ1) is 17.1. The summed E-state index contributed by atoms with van der Waals surface area (Å²) in [4.78, 5) is 0. The molecule has 114 valence electrons. The Morgan fingerprint density at radius 2 is 2.00 bits per heavy atom. The second kappa shape index (κ2) is 9.05. The zero-order valence-corrected chi connectivity index (χ0v) is 13.8. The second-order valence-electron chi connectivity index (χ2n) is 6.32. The lowest BCUT2D eigenvalue weighted by Gasteiger charge is -2.16. The minimum absolute atomic E-state index is 0.545. The van der Waals surface area contributed by atoms with Crippen LogP contribution in [0.1, 0.15) is 72.1 Å². The van der Waals surface area contributed by atoms with Crippen LogP contribution < -0.4 is 5.32 Å². The molecule has 0 amide bonds. The fourth-order valence-corrected chi connectivity index (χ4v) is 2.41. The number of nitrogens with one attached hydrogen (secondary N) is 1. The van der Waals surface area contributed by atoms with Gasteiger partial charge in [0.15, 0.2) is 0 Å². The highest BCUT2D eigenvalue weighted by Gasteiger charge is 2.21. The van der Waals surface area contributed by atoms with Gasteiger partial charge in [-0.25, -0.2) is 0 Å². The SMILES string of the molecule is C=C(CCC1CC1)/C(=C/NC(=C)C(C)CCCC)CC. The molecule has 1 atom stereocenters. The Morgan fingerprint density at radius 3 is 2.55 bits per heavy atom. The number of unbranched alkanes of at least 4 members (excludes halogenated alkanes) is 1. The van der Waals surface area contributed by atoms with Gasteiger partial charge in [-0.1, -0.05) is 65.2 Å². The van der Waals surface area contributed by atoms with Crippen LogP contribution in [-0.4, -0.2) is 0 Å². The Morgan fingerprint density at radius 1 is 1.30 bits per heavy atom. The Hall–Kier alpha value is -0.980. The van der Waals surface area contributed by atoms with Crippen molar-refractivity contribution in [1.29, 1.82) is 0 Å². The average Bonchev–Trinajstić information content (AvgIpc) is 3.26. The van der Waals surface area contributed by atoms with E-state index in [0.29, 0.717) is 5.92 Å². The van der Waals surface area contributed by atoms with Gasteiger partial charge in [0.2, 0.25) is 0 Å². The summed E-state index contributed by atoms with van der Waals surface area (Å²) in [6, 6.07) is 0. The van der Waals surface area contributed by atoms with Gasteiger partial charge in [0.05, 0.1) is 0 Å². The van der Waals surface area contributed by atoms with Crippen molar-refractivity contribution in [3.05, 3.63) is 36.2 Å². The van der Waals surface area contributed by atoms with Crippen LogP contribution in [0.25, 0.3) is 0 Å². The van der Waals surface area contributed by atoms with E-state index >= 15 is 0 Å². The molecule has 1 aliphatic carbocycles. The van der Waals surface area contributed by atoms with Crippen molar-refractivity contribution in [3.63, 3.8) is 0 Å². The van der Waals surface area contributed by atoms with Crippen molar-refractivity contribution in [3.8, 4) is 0 Å². The molecule has 0 aromatic rings. The lowest BCUT2D eigenvalue weighted by molar-refractivity contribution is 0.553. The molecule has 0 bridgehead atoms. The zero-order chi connectivity index (χ0) is 15.0. The monoisotopic (exact) mass is 275 g/mol. The molecule has 0 saturated heterocycles. The van der Waals surface area contributed by atoms with Crippen LogP contribution in [-0.2, 0) is 0 Å². The number of allylic oxidation sites excluding steroid dienone is 3. The Labute approximate surface area is 126 Å². The lowest BCUT2D eigenvalue weighted by atomic mass is 9.99. The first-order valence-electron chi connectivity index (χ1n) is 8.40. The zero-order valence-electron chi connectivity index (χ0n) is 13.8. The van der Waals surface area contributed by atoms with E-state index in [1.165, 1.54) is 49.7 Å². The van der Waals surface area contributed by atoms with E-state index in [1.807, 2.05) is 0 Å². The summed E-state index contributed by atoms with van der Waals surface area (Å²) in [5.41, 5.74) is 3.80. The predicted molar refractivity (Wildman–Crippen MR) is 90.4 cm³/mol. The fraction of sp³-hybridized carbons (Fsp3) is 0.684. The van der Waals surface area contributed by atoms with Crippen LogP contribution in [0.3, 0.4) is 0 Å². The van der Waals surface area contributed by atoms with Crippen LogP contribution in [0.2, 0.25) is 0 Å². The smallest absolute Gasteiger partial charge is 0.0102 e. The minimum Gasteiger partial charge on any atom is -0.365 e. The number of hydrogen-bond donors (Lipinski definition) is 1. The van der Waals surface area contributed by atoms with Crippen LogP contribution in [0, 0.1) is 11.8 Å². The first-order chi connectivity index (χ1) is 9.58. The van der Waals surface area contributed by atoms with Gasteiger partial charge in [0, 0.05) is 11.9 Å². The minimum atomic E-state index is 0.545. The van der Waals surface area contributed by atoms with Crippen LogP contribution >= 0.6 is 0 Å². The summed E-state index contributed by atoms with van der Waals surface area (Å²) < 4.78 is 0. The van der Waals surface area contributed by atoms with Gasteiger partial charge >= 0.3 is 0 Å². The summed E-state index contributed by atoms with van der Waals surface area (Å²) in [5.74, 6) is 1.53. The maximum Gasteiger partial charge on any atom is 0.0102 e. The van der Waals surface area contributed by atoms with Crippen LogP contribution in [0.15, 0.2) is 36.2 Å². The van der Waals surface area contributed by atoms with Gasteiger partial charge in [-0.05, 0) is 43.1 Å². The Balaban J connectivity index is 2.38. The molecule has 0 aromatic carbocycles. The third-order valence-corrected chi connectivity index (χ3v) is 4.40. The summed E-state index contributed by atoms with van der Waals surface area (Å²) in [7, 11) is 0. The van der Waals surface area contributed by atoms with E-state index in [0.717, 1.165) is 24.5 Å². The van der Waals surface area contributed by atoms with Crippen molar-refractivity contribution < 1.29 is 0 Å². The molecule has 0 aliphatic heterocycles. The van der Waals surface area contributed by atoms with E-state index in [9.17, 15) is 0 Å². The Kier molecular flexibility index (Phi) is 7.72. The molecule has 1 nitrogen and oxygen atoms in total. The molecule has 1 aliphatic rings. The van der Waals surface area contributed by atoms with Crippen molar-refractivity contribution in [2.45, 2.75) is 72.1 Å². The number of rotatable bonds is 11. The lowest BCUT2D eigenvalue weighted by Crippen LogP contribution is -2.13. The van der Waals surface area contributed by atoms with Crippen molar-refractivity contribution in [1.82, 2.24) is 5.32 Å². The van der Waals surface area contributed by atoms with Crippen LogP contribution in [0.4, 0.5) is 0 Å². The largest absolute Gasteiger partial charge is 0.365 e. The van der Waals surface area contributed by atoms with E-state index in [4.69, 9.17) is 0 Å². The molecule has 0 heterocycles. The van der Waals surface area contributed by atoms with Gasteiger partial charge in [-0.3, -0.25) is 0 Å².